The van der Waals surface area contributed by atoms with E-state index < -0.39 is 11.7 Å². The summed E-state index contributed by atoms with van der Waals surface area (Å²) in [6, 6.07) is 0. The molecule has 0 unspecified atom stereocenters. The number of ether oxygens (including phenoxy) is 1. The minimum atomic E-state index is -0.648. The number of hydrogen-bond donors (Lipinski definition) is 0. The third kappa shape index (κ3) is 3.71. The molecule has 28 heavy (non-hydrogen) atoms. The van der Waals surface area contributed by atoms with Crippen LogP contribution in [0.1, 0.15) is 49.0 Å². The second-order valence-electron chi connectivity index (χ2n) is 7.95. The van der Waals surface area contributed by atoms with E-state index in [-0.39, 0.29) is 12.5 Å². The molecule has 1 saturated heterocycles. The SMILES string of the molecule is CC(C)(C)OC(=O)N1CCc2nc(-c3cnc(N4CCCC4)nc3)sc2C1=O. The Kier molecular flexibility index (Phi) is 4.78. The van der Waals surface area contributed by atoms with Crippen LogP contribution in [0.3, 0.4) is 0 Å². The summed E-state index contributed by atoms with van der Waals surface area (Å²) < 4.78 is 5.34. The molecular formula is C19H23N5O3S. The number of amides is 2. The van der Waals surface area contributed by atoms with Gasteiger partial charge in [-0.05, 0) is 33.6 Å². The van der Waals surface area contributed by atoms with E-state index >= 15 is 0 Å². The number of carbonyl (C=O) groups excluding carboxylic acids is 2. The van der Waals surface area contributed by atoms with E-state index in [0.29, 0.717) is 22.0 Å². The van der Waals surface area contributed by atoms with E-state index in [9.17, 15) is 9.59 Å². The molecule has 4 rings (SSSR count). The van der Waals surface area contributed by atoms with Crippen LogP contribution in [0.15, 0.2) is 12.4 Å². The van der Waals surface area contributed by atoms with Gasteiger partial charge < -0.3 is 9.64 Å². The molecule has 0 saturated carbocycles. The van der Waals surface area contributed by atoms with Gasteiger partial charge in [0.25, 0.3) is 5.91 Å². The molecule has 1 fully saturated rings. The maximum absolute atomic E-state index is 12.8. The second-order valence-corrected chi connectivity index (χ2v) is 8.95. The smallest absolute Gasteiger partial charge is 0.417 e. The van der Waals surface area contributed by atoms with Crippen LogP contribution in [0.4, 0.5) is 10.7 Å². The first-order valence-corrected chi connectivity index (χ1v) is 10.3. The lowest BCUT2D eigenvalue weighted by Gasteiger charge is -2.27. The molecule has 8 nitrogen and oxygen atoms in total. The van der Waals surface area contributed by atoms with Crippen LogP contribution in [-0.2, 0) is 11.2 Å². The molecule has 9 heteroatoms. The summed E-state index contributed by atoms with van der Waals surface area (Å²) in [5, 5.41) is 0.692. The fourth-order valence-corrected chi connectivity index (χ4v) is 4.29. The van der Waals surface area contributed by atoms with Gasteiger partial charge in [-0.1, -0.05) is 0 Å². The number of anilines is 1. The summed E-state index contributed by atoms with van der Waals surface area (Å²) >= 11 is 1.27. The van der Waals surface area contributed by atoms with Crippen molar-refractivity contribution < 1.29 is 14.3 Å². The van der Waals surface area contributed by atoms with Gasteiger partial charge >= 0.3 is 6.09 Å². The maximum Gasteiger partial charge on any atom is 0.417 e. The first-order valence-electron chi connectivity index (χ1n) is 9.44. The topological polar surface area (TPSA) is 88.5 Å². The van der Waals surface area contributed by atoms with Gasteiger partial charge in [0.15, 0.2) is 0 Å². The largest absolute Gasteiger partial charge is 0.443 e. The normalized spacial score (nSPS) is 17.0. The van der Waals surface area contributed by atoms with Gasteiger partial charge in [0, 0.05) is 44.0 Å². The van der Waals surface area contributed by atoms with Crippen molar-refractivity contribution in [3.63, 3.8) is 0 Å². The minimum absolute atomic E-state index is 0.272. The van der Waals surface area contributed by atoms with Crippen LogP contribution in [0.25, 0.3) is 10.6 Å². The van der Waals surface area contributed by atoms with E-state index in [1.165, 1.54) is 24.2 Å². The predicted molar refractivity (Wildman–Crippen MR) is 106 cm³/mol. The molecule has 0 aliphatic carbocycles. The van der Waals surface area contributed by atoms with Crippen molar-refractivity contribution in [3.05, 3.63) is 23.0 Å². The fourth-order valence-electron chi connectivity index (χ4n) is 3.26. The predicted octanol–water partition coefficient (Wildman–Crippen LogP) is 3.13. The molecule has 4 heterocycles. The monoisotopic (exact) mass is 401 g/mol. The van der Waals surface area contributed by atoms with Gasteiger partial charge in [-0.2, -0.15) is 0 Å². The number of aromatic nitrogens is 3. The number of hydrogen-bond acceptors (Lipinski definition) is 8. The first kappa shape index (κ1) is 18.8. The van der Waals surface area contributed by atoms with Crippen LogP contribution in [0.2, 0.25) is 0 Å². The molecule has 0 spiro atoms. The standard InChI is InChI=1S/C19H23N5O3S/c1-19(2,3)27-18(26)24-9-6-13-14(16(24)25)28-15(22-13)12-10-20-17(21-11-12)23-7-4-5-8-23/h10-11H,4-9H2,1-3H3. The number of fused-ring (bicyclic) bond motifs is 1. The zero-order valence-electron chi connectivity index (χ0n) is 16.3. The molecule has 0 atom stereocenters. The van der Waals surface area contributed by atoms with Gasteiger partial charge in [-0.25, -0.2) is 24.6 Å². The quantitative estimate of drug-likeness (QED) is 0.764. The molecule has 2 aliphatic heterocycles. The minimum Gasteiger partial charge on any atom is -0.443 e. The Morgan fingerprint density at radius 1 is 1.14 bits per heavy atom. The molecule has 0 N–H and O–H groups in total. The van der Waals surface area contributed by atoms with Gasteiger partial charge in [-0.3, -0.25) is 4.79 Å². The van der Waals surface area contributed by atoms with Crippen LogP contribution < -0.4 is 4.90 Å². The average molecular weight is 401 g/mol. The second kappa shape index (κ2) is 7.12. The third-order valence-electron chi connectivity index (χ3n) is 4.60. The van der Waals surface area contributed by atoms with E-state index in [1.54, 1.807) is 33.2 Å². The maximum atomic E-state index is 12.8. The number of carbonyl (C=O) groups is 2. The van der Waals surface area contributed by atoms with Crippen molar-refractivity contribution >= 4 is 29.3 Å². The molecule has 2 aromatic rings. The lowest BCUT2D eigenvalue weighted by molar-refractivity contribution is 0.0235. The Hall–Kier alpha value is -2.55. The lowest BCUT2D eigenvalue weighted by atomic mass is 10.1. The Morgan fingerprint density at radius 3 is 2.46 bits per heavy atom. The molecule has 0 aromatic carbocycles. The number of thiazole rings is 1. The Bertz CT molecular complexity index is 897. The van der Waals surface area contributed by atoms with Crippen LogP contribution in [0.5, 0.6) is 0 Å². The highest BCUT2D eigenvalue weighted by molar-refractivity contribution is 7.17. The molecule has 148 valence electrons. The van der Waals surface area contributed by atoms with E-state index in [4.69, 9.17) is 4.74 Å². The number of imide groups is 1. The summed E-state index contributed by atoms with van der Waals surface area (Å²) in [5.74, 6) is 0.378. The highest BCUT2D eigenvalue weighted by atomic mass is 32.1. The number of rotatable bonds is 2. The summed E-state index contributed by atoms with van der Waals surface area (Å²) in [7, 11) is 0. The summed E-state index contributed by atoms with van der Waals surface area (Å²) in [6.45, 7) is 7.58. The molecule has 0 bridgehead atoms. The number of nitrogens with zero attached hydrogens (tertiary/aromatic N) is 5. The molecule has 2 amide bonds. The average Bonchev–Trinajstić information content (AvgIpc) is 3.31. The highest BCUT2D eigenvalue weighted by Gasteiger charge is 2.35. The zero-order valence-corrected chi connectivity index (χ0v) is 17.1. The van der Waals surface area contributed by atoms with Crippen molar-refractivity contribution in [1.82, 2.24) is 19.9 Å². The highest BCUT2D eigenvalue weighted by Crippen LogP contribution is 2.32. The van der Waals surface area contributed by atoms with Gasteiger partial charge in [-0.15, -0.1) is 11.3 Å². The molecule has 0 radical (unpaired) electrons. The lowest BCUT2D eigenvalue weighted by Crippen LogP contribution is -2.44. The summed E-state index contributed by atoms with van der Waals surface area (Å²) in [6.07, 6.45) is 5.74. The van der Waals surface area contributed by atoms with Crippen molar-refractivity contribution in [2.24, 2.45) is 0 Å². The molecular weight excluding hydrogens is 378 g/mol. The van der Waals surface area contributed by atoms with Crippen molar-refractivity contribution in [2.75, 3.05) is 24.5 Å². The Balaban J connectivity index is 1.53. The molecule has 2 aromatic heterocycles. The van der Waals surface area contributed by atoms with E-state index in [0.717, 1.165) is 29.5 Å². The first-order chi connectivity index (χ1) is 13.3. The summed E-state index contributed by atoms with van der Waals surface area (Å²) in [5.41, 5.74) is 0.845. The fraction of sp³-hybridized carbons (Fsp3) is 0.526. The van der Waals surface area contributed by atoms with E-state index in [2.05, 4.69) is 19.9 Å². The van der Waals surface area contributed by atoms with Crippen LogP contribution in [-0.4, -0.2) is 57.1 Å². The van der Waals surface area contributed by atoms with Gasteiger partial charge in [0.1, 0.15) is 15.5 Å². The molecule has 2 aliphatic rings. The van der Waals surface area contributed by atoms with Crippen molar-refractivity contribution in [1.29, 1.82) is 0 Å². The third-order valence-corrected chi connectivity index (χ3v) is 5.73. The summed E-state index contributed by atoms with van der Waals surface area (Å²) in [4.78, 5) is 42.4. The van der Waals surface area contributed by atoms with Crippen LogP contribution >= 0.6 is 11.3 Å². The van der Waals surface area contributed by atoms with Crippen molar-refractivity contribution in [2.45, 2.75) is 45.6 Å². The van der Waals surface area contributed by atoms with Gasteiger partial charge in [0.05, 0.1) is 5.69 Å². The van der Waals surface area contributed by atoms with E-state index in [1.807, 2.05) is 0 Å². The Labute approximate surface area is 167 Å². The van der Waals surface area contributed by atoms with Gasteiger partial charge in [0.2, 0.25) is 5.95 Å². The Morgan fingerprint density at radius 2 is 1.82 bits per heavy atom. The van der Waals surface area contributed by atoms with Crippen molar-refractivity contribution in [3.8, 4) is 10.6 Å². The zero-order chi connectivity index (χ0) is 19.9. The van der Waals surface area contributed by atoms with Crippen LogP contribution in [0, 0.1) is 0 Å².